The molecule has 4 rings (SSSR count). The Labute approximate surface area is 135 Å². The zero-order chi connectivity index (χ0) is 15.8. The van der Waals surface area contributed by atoms with Crippen LogP contribution in [0.4, 0.5) is 4.39 Å². The van der Waals surface area contributed by atoms with Crippen LogP contribution < -0.4 is 0 Å². The molecule has 3 aromatic rings. The fraction of sp³-hybridized carbons (Fsp3) is 0.300. The molecule has 2 aromatic carbocycles. The fourth-order valence-corrected chi connectivity index (χ4v) is 3.61. The van der Waals surface area contributed by atoms with Crippen LogP contribution in [0.15, 0.2) is 54.7 Å². The van der Waals surface area contributed by atoms with Crippen molar-refractivity contribution >= 4 is 10.9 Å². The van der Waals surface area contributed by atoms with Gasteiger partial charge in [-0.1, -0.05) is 30.3 Å². The maximum Gasteiger partial charge on any atom is 0.123 e. The molecular formula is C20H21FN2. The molecule has 0 aliphatic heterocycles. The number of rotatable bonds is 5. The van der Waals surface area contributed by atoms with Crippen LogP contribution in [0.5, 0.6) is 0 Å². The first-order chi connectivity index (χ1) is 11.2. The van der Waals surface area contributed by atoms with E-state index in [4.69, 9.17) is 0 Å². The minimum atomic E-state index is -0.156. The molecule has 0 radical (unpaired) electrons. The highest BCUT2D eigenvalue weighted by molar-refractivity contribution is 5.84. The van der Waals surface area contributed by atoms with E-state index < -0.39 is 0 Å². The number of aromatic amines is 1. The quantitative estimate of drug-likeness (QED) is 0.733. The van der Waals surface area contributed by atoms with Gasteiger partial charge in [-0.05, 0) is 54.6 Å². The second-order valence-corrected chi connectivity index (χ2v) is 6.72. The Bertz CT molecular complexity index is 809. The molecule has 3 heteroatoms. The Morgan fingerprint density at radius 1 is 1.17 bits per heavy atom. The normalized spacial score (nSPS) is 20.3. The minimum Gasteiger partial charge on any atom is -0.361 e. The third kappa shape index (κ3) is 3.02. The van der Waals surface area contributed by atoms with E-state index in [0.717, 1.165) is 24.0 Å². The number of aromatic nitrogens is 1. The van der Waals surface area contributed by atoms with E-state index in [2.05, 4.69) is 53.5 Å². The number of nitrogens with one attached hydrogen (secondary N) is 1. The molecular weight excluding hydrogens is 287 g/mol. The summed E-state index contributed by atoms with van der Waals surface area (Å²) in [7, 11) is 2.18. The van der Waals surface area contributed by atoms with Crippen molar-refractivity contribution in [3.8, 4) is 0 Å². The second-order valence-electron chi connectivity index (χ2n) is 6.72. The zero-order valence-corrected chi connectivity index (χ0v) is 13.3. The Morgan fingerprint density at radius 2 is 2.00 bits per heavy atom. The van der Waals surface area contributed by atoms with E-state index in [1.165, 1.54) is 23.6 Å². The standard InChI is InChI=1S/C20H21FN2/c1-23(12-14-5-3-2-4-6-14)13-15-9-17(15)19-11-22-20-8-7-16(21)10-18(19)20/h2-8,10-11,15,17,22H,9,12-13H2,1H3/t15-,17?/m1/s1. The van der Waals surface area contributed by atoms with Crippen molar-refractivity contribution < 1.29 is 4.39 Å². The molecule has 1 heterocycles. The average molecular weight is 308 g/mol. The molecule has 2 nitrogen and oxygen atoms in total. The van der Waals surface area contributed by atoms with Crippen LogP contribution in [0.1, 0.15) is 23.5 Å². The molecule has 1 saturated carbocycles. The van der Waals surface area contributed by atoms with Crippen molar-refractivity contribution in [2.45, 2.75) is 18.9 Å². The largest absolute Gasteiger partial charge is 0.361 e. The van der Waals surface area contributed by atoms with E-state index in [0.29, 0.717) is 11.8 Å². The molecule has 0 spiro atoms. The summed E-state index contributed by atoms with van der Waals surface area (Å²) in [6.07, 6.45) is 3.26. The maximum atomic E-state index is 13.5. The predicted octanol–water partition coefficient (Wildman–Crippen LogP) is 4.54. The second kappa shape index (κ2) is 5.82. The summed E-state index contributed by atoms with van der Waals surface area (Å²) in [4.78, 5) is 5.65. The monoisotopic (exact) mass is 308 g/mol. The van der Waals surface area contributed by atoms with Gasteiger partial charge >= 0.3 is 0 Å². The molecule has 23 heavy (non-hydrogen) atoms. The fourth-order valence-electron chi connectivity index (χ4n) is 3.61. The molecule has 0 saturated heterocycles. The van der Waals surface area contributed by atoms with Crippen molar-refractivity contribution in [1.82, 2.24) is 9.88 Å². The van der Waals surface area contributed by atoms with Gasteiger partial charge in [-0.25, -0.2) is 4.39 Å². The van der Waals surface area contributed by atoms with Crippen LogP contribution in [-0.2, 0) is 6.54 Å². The topological polar surface area (TPSA) is 19.0 Å². The highest BCUT2D eigenvalue weighted by Gasteiger charge is 2.40. The third-order valence-corrected chi connectivity index (χ3v) is 4.84. The summed E-state index contributed by atoms with van der Waals surface area (Å²) in [6, 6.07) is 15.6. The number of benzene rings is 2. The van der Waals surface area contributed by atoms with Crippen LogP contribution in [0.3, 0.4) is 0 Å². The van der Waals surface area contributed by atoms with E-state index in [1.54, 1.807) is 6.07 Å². The Kier molecular flexibility index (Phi) is 3.66. The van der Waals surface area contributed by atoms with Crippen molar-refractivity contribution in [3.05, 3.63) is 71.7 Å². The van der Waals surface area contributed by atoms with Crippen molar-refractivity contribution in [1.29, 1.82) is 0 Å². The molecule has 1 aliphatic rings. The van der Waals surface area contributed by atoms with Gasteiger partial charge in [0.1, 0.15) is 5.82 Å². The van der Waals surface area contributed by atoms with E-state index >= 15 is 0 Å². The predicted molar refractivity (Wildman–Crippen MR) is 91.9 cm³/mol. The summed E-state index contributed by atoms with van der Waals surface area (Å²) < 4.78 is 13.5. The van der Waals surface area contributed by atoms with Crippen LogP contribution in [0.25, 0.3) is 10.9 Å². The van der Waals surface area contributed by atoms with Crippen LogP contribution in [0, 0.1) is 11.7 Å². The molecule has 1 fully saturated rings. The van der Waals surface area contributed by atoms with Crippen molar-refractivity contribution in [2.24, 2.45) is 5.92 Å². The van der Waals surface area contributed by atoms with Gasteiger partial charge in [0.2, 0.25) is 0 Å². The summed E-state index contributed by atoms with van der Waals surface area (Å²) in [5.74, 6) is 1.08. The first-order valence-corrected chi connectivity index (χ1v) is 8.20. The van der Waals surface area contributed by atoms with Gasteiger partial charge in [-0.2, -0.15) is 0 Å². The van der Waals surface area contributed by atoms with E-state index in [1.807, 2.05) is 6.07 Å². The van der Waals surface area contributed by atoms with Crippen LogP contribution in [-0.4, -0.2) is 23.5 Å². The molecule has 0 bridgehead atoms. The van der Waals surface area contributed by atoms with Crippen molar-refractivity contribution in [2.75, 3.05) is 13.6 Å². The summed E-state index contributed by atoms with van der Waals surface area (Å²) in [5.41, 5.74) is 3.66. The van der Waals surface area contributed by atoms with Gasteiger partial charge in [0.05, 0.1) is 0 Å². The smallest absolute Gasteiger partial charge is 0.123 e. The minimum absolute atomic E-state index is 0.156. The number of halogens is 1. The van der Waals surface area contributed by atoms with Gasteiger partial charge in [-0.3, -0.25) is 0 Å². The summed E-state index contributed by atoms with van der Waals surface area (Å²) >= 11 is 0. The first-order valence-electron chi connectivity index (χ1n) is 8.20. The lowest BCUT2D eigenvalue weighted by Crippen LogP contribution is -2.20. The SMILES string of the molecule is CN(Cc1ccccc1)C[C@H]1CC1c1c[nH]c2ccc(F)cc12. The Morgan fingerprint density at radius 3 is 2.83 bits per heavy atom. The van der Waals surface area contributed by atoms with E-state index in [9.17, 15) is 4.39 Å². The van der Waals surface area contributed by atoms with Gasteiger partial charge in [0.25, 0.3) is 0 Å². The molecule has 2 atom stereocenters. The lowest BCUT2D eigenvalue weighted by molar-refractivity contribution is 0.311. The lowest BCUT2D eigenvalue weighted by atomic mass is 10.1. The highest BCUT2D eigenvalue weighted by atomic mass is 19.1. The van der Waals surface area contributed by atoms with Crippen LogP contribution in [0.2, 0.25) is 0 Å². The number of H-pyrrole nitrogens is 1. The molecule has 1 aliphatic carbocycles. The van der Waals surface area contributed by atoms with Crippen LogP contribution >= 0.6 is 0 Å². The molecule has 1 unspecified atom stereocenters. The van der Waals surface area contributed by atoms with Gasteiger partial charge in [-0.15, -0.1) is 0 Å². The number of nitrogens with zero attached hydrogens (tertiary/aromatic N) is 1. The average Bonchev–Trinajstić information content (AvgIpc) is 3.16. The first kappa shape index (κ1) is 14.5. The number of hydrogen-bond donors (Lipinski definition) is 1. The summed E-state index contributed by atoms with van der Waals surface area (Å²) in [5, 5.41) is 1.04. The molecule has 1 aromatic heterocycles. The Balaban J connectivity index is 1.42. The van der Waals surface area contributed by atoms with Crippen molar-refractivity contribution in [3.63, 3.8) is 0 Å². The maximum absolute atomic E-state index is 13.5. The van der Waals surface area contributed by atoms with Gasteiger partial charge < -0.3 is 9.88 Å². The number of hydrogen-bond acceptors (Lipinski definition) is 1. The van der Waals surface area contributed by atoms with Gasteiger partial charge in [0, 0.05) is 30.2 Å². The highest BCUT2D eigenvalue weighted by Crippen LogP contribution is 2.49. The lowest BCUT2D eigenvalue weighted by Gasteiger charge is -2.16. The van der Waals surface area contributed by atoms with Gasteiger partial charge in [0.15, 0.2) is 0 Å². The molecule has 1 N–H and O–H groups in total. The molecule has 0 amide bonds. The third-order valence-electron chi connectivity index (χ3n) is 4.84. The summed E-state index contributed by atoms with van der Waals surface area (Å²) in [6.45, 7) is 2.06. The number of fused-ring (bicyclic) bond motifs is 1. The van der Waals surface area contributed by atoms with E-state index in [-0.39, 0.29) is 5.82 Å². The zero-order valence-electron chi connectivity index (χ0n) is 13.3. The Hall–Kier alpha value is -2.13. The molecule has 118 valence electrons.